The molecule has 2 aromatic carbocycles. The molecule has 1 unspecified atom stereocenters. The lowest BCUT2D eigenvalue weighted by Crippen LogP contribution is -2.33. The summed E-state index contributed by atoms with van der Waals surface area (Å²) in [6.45, 7) is 4.77. The molecule has 0 aromatic heterocycles. The molecule has 2 amide bonds. The van der Waals surface area contributed by atoms with Gasteiger partial charge < -0.3 is 15.7 Å². The Hall–Kier alpha value is -2.33. The van der Waals surface area contributed by atoms with Crippen LogP contribution in [0.4, 0.5) is 10.5 Å². The number of anilines is 1. The molecule has 0 aliphatic rings. The van der Waals surface area contributed by atoms with E-state index in [4.69, 9.17) is 0 Å². The number of carbonyl (C=O) groups excluding carboxylic acids is 1. The molecular weight excluding hydrogens is 312 g/mol. The van der Waals surface area contributed by atoms with E-state index >= 15 is 0 Å². The van der Waals surface area contributed by atoms with Crippen LogP contribution in [0.3, 0.4) is 0 Å². The highest BCUT2D eigenvalue weighted by Gasteiger charge is 2.14. The number of aliphatic hydroxyl groups is 1. The van der Waals surface area contributed by atoms with Crippen LogP contribution in [0, 0.1) is 0 Å². The Morgan fingerprint density at radius 2 is 1.64 bits per heavy atom. The van der Waals surface area contributed by atoms with E-state index in [0.29, 0.717) is 13.0 Å². The zero-order valence-corrected chi connectivity index (χ0v) is 15.1. The van der Waals surface area contributed by atoms with Gasteiger partial charge >= 0.3 is 6.03 Å². The van der Waals surface area contributed by atoms with Crippen molar-refractivity contribution in [1.29, 1.82) is 0 Å². The zero-order chi connectivity index (χ0) is 18.1. The maximum Gasteiger partial charge on any atom is 0.319 e. The number of urea groups is 1. The first-order valence-electron chi connectivity index (χ1n) is 9.01. The average molecular weight is 340 g/mol. The molecule has 0 saturated heterocycles. The van der Waals surface area contributed by atoms with Crippen molar-refractivity contribution in [3.05, 3.63) is 65.2 Å². The Morgan fingerprint density at radius 1 is 1.00 bits per heavy atom. The molecule has 0 aliphatic heterocycles. The van der Waals surface area contributed by atoms with Crippen LogP contribution in [0.15, 0.2) is 48.5 Å². The van der Waals surface area contributed by atoms with Gasteiger partial charge in [0.2, 0.25) is 0 Å². The Labute approximate surface area is 150 Å². The molecule has 25 heavy (non-hydrogen) atoms. The van der Waals surface area contributed by atoms with Crippen LogP contribution in [-0.4, -0.2) is 24.3 Å². The molecule has 2 rings (SSSR count). The minimum Gasteiger partial charge on any atom is -0.396 e. The van der Waals surface area contributed by atoms with Gasteiger partial charge in [-0.05, 0) is 36.0 Å². The molecule has 0 fully saturated rings. The van der Waals surface area contributed by atoms with E-state index in [1.165, 1.54) is 0 Å². The van der Waals surface area contributed by atoms with Gasteiger partial charge in [0, 0.05) is 24.8 Å². The summed E-state index contributed by atoms with van der Waals surface area (Å²) < 4.78 is 0. The predicted octanol–water partition coefficient (Wildman–Crippen LogP) is 4.10. The van der Waals surface area contributed by atoms with E-state index in [-0.39, 0.29) is 18.6 Å². The second-order valence-electron chi connectivity index (χ2n) is 6.11. The van der Waals surface area contributed by atoms with Crippen molar-refractivity contribution in [3.8, 4) is 0 Å². The second-order valence-corrected chi connectivity index (χ2v) is 6.11. The molecule has 0 saturated carbocycles. The first-order chi connectivity index (χ1) is 12.2. The summed E-state index contributed by atoms with van der Waals surface area (Å²) in [7, 11) is 0. The number of hydrogen-bond donors (Lipinski definition) is 3. The van der Waals surface area contributed by atoms with Gasteiger partial charge in [-0.2, -0.15) is 0 Å². The van der Waals surface area contributed by atoms with Crippen molar-refractivity contribution >= 4 is 11.7 Å². The van der Waals surface area contributed by atoms with E-state index in [9.17, 15) is 9.90 Å². The van der Waals surface area contributed by atoms with Gasteiger partial charge in [0.25, 0.3) is 0 Å². The summed E-state index contributed by atoms with van der Waals surface area (Å²) in [5, 5.41) is 15.3. The number of amides is 2. The van der Waals surface area contributed by atoms with Crippen molar-refractivity contribution in [3.63, 3.8) is 0 Å². The van der Waals surface area contributed by atoms with Gasteiger partial charge in [-0.1, -0.05) is 62.4 Å². The third-order valence-electron chi connectivity index (χ3n) is 4.49. The molecule has 0 heterocycles. The van der Waals surface area contributed by atoms with Crippen molar-refractivity contribution in [2.24, 2.45) is 0 Å². The lowest BCUT2D eigenvalue weighted by Gasteiger charge is -2.19. The third kappa shape index (κ3) is 5.33. The maximum atomic E-state index is 12.4. The highest BCUT2D eigenvalue weighted by Crippen LogP contribution is 2.23. The fourth-order valence-electron chi connectivity index (χ4n) is 3.04. The van der Waals surface area contributed by atoms with E-state index < -0.39 is 0 Å². The molecule has 4 nitrogen and oxygen atoms in total. The van der Waals surface area contributed by atoms with E-state index in [0.717, 1.165) is 35.2 Å². The Morgan fingerprint density at radius 3 is 2.20 bits per heavy atom. The smallest absolute Gasteiger partial charge is 0.319 e. The quantitative estimate of drug-likeness (QED) is 0.677. The minimum atomic E-state index is -0.200. The van der Waals surface area contributed by atoms with Gasteiger partial charge in [0.1, 0.15) is 0 Å². The van der Waals surface area contributed by atoms with Crippen molar-refractivity contribution < 1.29 is 9.90 Å². The summed E-state index contributed by atoms with van der Waals surface area (Å²) >= 11 is 0. The number of aryl methyl sites for hydroxylation is 2. The lowest BCUT2D eigenvalue weighted by atomic mass is 9.96. The normalized spacial score (nSPS) is 11.8. The topological polar surface area (TPSA) is 61.4 Å². The van der Waals surface area contributed by atoms with Crippen LogP contribution < -0.4 is 10.6 Å². The number of para-hydroxylation sites is 1. The average Bonchev–Trinajstić information content (AvgIpc) is 2.66. The largest absolute Gasteiger partial charge is 0.396 e. The first kappa shape index (κ1) is 19.0. The number of carbonyl (C=O) groups is 1. The van der Waals surface area contributed by atoms with Crippen LogP contribution in [0.2, 0.25) is 0 Å². The lowest BCUT2D eigenvalue weighted by molar-refractivity contribution is 0.248. The van der Waals surface area contributed by atoms with Gasteiger partial charge in [-0.25, -0.2) is 4.79 Å². The van der Waals surface area contributed by atoms with E-state index in [1.807, 2.05) is 48.5 Å². The molecule has 134 valence electrons. The van der Waals surface area contributed by atoms with Crippen molar-refractivity contribution in [1.82, 2.24) is 5.32 Å². The zero-order valence-electron chi connectivity index (χ0n) is 15.1. The van der Waals surface area contributed by atoms with Crippen molar-refractivity contribution in [2.45, 2.75) is 39.0 Å². The molecule has 0 radical (unpaired) electrons. The van der Waals surface area contributed by atoms with Crippen LogP contribution >= 0.6 is 0 Å². The third-order valence-corrected chi connectivity index (χ3v) is 4.49. The van der Waals surface area contributed by atoms with Gasteiger partial charge in [-0.15, -0.1) is 0 Å². The highest BCUT2D eigenvalue weighted by molar-refractivity contribution is 5.91. The van der Waals surface area contributed by atoms with Gasteiger partial charge in [0.05, 0.1) is 0 Å². The van der Waals surface area contributed by atoms with Gasteiger partial charge in [-0.3, -0.25) is 0 Å². The van der Waals surface area contributed by atoms with E-state index in [2.05, 4.69) is 24.5 Å². The van der Waals surface area contributed by atoms with E-state index in [1.54, 1.807) is 0 Å². The number of aliphatic hydroxyl groups excluding tert-OH is 1. The summed E-state index contributed by atoms with van der Waals surface area (Å²) in [6, 6.07) is 15.9. The highest BCUT2D eigenvalue weighted by atomic mass is 16.3. The Balaban J connectivity index is 2.02. The molecular formula is C21H28N2O2. The summed E-state index contributed by atoms with van der Waals surface area (Å²) in [6.07, 6.45) is 2.37. The summed E-state index contributed by atoms with van der Waals surface area (Å²) in [5.41, 5.74) is 4.33. The first-order valence-corrected chi connectivity index (χ1v) is 9.01. The number of nitrogens with one attached hydrogen (secondary N) is 2. The number of rotatable bonds is 8. The Bertz CT molecular complexity index is 649. The molecule has 0 bridgehead atoms. The van der Waals surface area contributed by atoms with Crippen molar-refractivity contribution in [2.75, 3.05) is 18.5 Å². The minimum absolute atomic E-state index is 0.0987. The van der Waals surface area contributed by atoms with Crippen LogP contribution in [0.25, 0.3) is 0 Å². The predicted molar refractivity (Wildman–Crippen MR) is 103 cm³/mol. The molecule has 4 heteroatoms. The Kier molecular flexibility index (Phi) is 7.48. The maximum absolute atomic E-state index is 12.4. The summed E-state index contributed by atoms with van der Waals surface area (Å²) in [5.74, 6) is 0.101. The van der Waals surface area contributed by atoms with Gasteiger partial charge in [0.15, 0.2) is 0 Å². The molecule has 1 atom stereocenters. The molecule has 2 aromatic rings. The molecule has 0 spiro atoms. The standard InChI is InChI=1S/C21H28N2O2/c1-3-16-11-8-12-17(4-2)20(16)23-21(25)22-15-19(13-14-24)18-9-6-5-7-10-18/h5-12,19,24H,3-4,13-15H2,1-2H3,(H2,22,23,25). The van der Waals surface area contributed by atoms with Crippen LogP contribution in [0.1, 0.15) is 42.9 Å². The van der Waals surface area contributed by atoms with Crippen LogP contribution in [0.5, 0.6) is 0 Å². The fraction of sp³-hybridized carbons (Fsp3) is 0.381. The molecule has 3 N–H and O–H groups in total. The monoisotopic (exact) mass is 340 g/mol. The second kappa shape index (κ2) is 9.84. The summed E-state index contributed by atoms with van der Waals surface area (Å²) in [4.78, 5) is 12.4. The number of hydrogen-bond acceptors (Lipinski definition) is 2. The fourth-order valence-corrected chi connectivity index (χ4v) is 3.04. The SMILES string of the molecule is CCc1cccc(CC)c1NC(=O)NCC(CCO)c1ccccc1. The number of benzene rings is 2. The molecule has 0 aliphatic carbocycles. The van der Waals surface area contributed by atoms with Crippen LogP contribution in [-0.2, 0) is 12.8 Å².